The van der Waals surface area contributed by atoms with E-state index in [-0.39, 0.29) is 38.6 Å². The van der Waals surface area contributed by atoms with Crippen LogP contribution in [-0.4, -0.2) is 49.3 Å². The second-order valence-corrected chi connectivity index (χ2v) is 24.5. The first-order valence-electron chi connectivity index (χ1n) is 34.4. The molecule has 3 N–H and O–H groups in total. The highest BCUT2D eigenvalue weighted by Gasteiger charge is 2.26. The van der Waals surface area contributed by atoms with E-state index in [9.17, 15) is 19.0 Å². The summed E-state index contributed by atoms with van der Waals surface area (Å²) in [5.74, 6) is -0.812. The maximum atomic E-state index is 12.8. The number of ether oxygens (including phenoxy) is 2. The standard InChI is InChI=1S/C71H130NO8P/c1-3-5-7-9-11-13-15-17-19-21-23-25-27-29-31-32-33-34-35-36-38-40-42-44-46-48-50-52-54-56-58-60-62-64-71(74)80-69(68-79-81(75,76)78-66-65-72)67-77-70(73)63-61-59-57-55-53-51-49-47-45-43-41-39-37-30-28-26-24-22-20-18-16-14-12-10-8-6-4-2/h5,7,11,13,16-19,22-25,69H,3-4,6,8-10,12,14-15,20-21,26-68,72H2,1-2H3,(H,75,76)/b7-5-,13-11-,18-16-,19-17-,24-22-,25-23-. The Hall–Kier alpha value is -2.55. The van der Waals surface area contributed by atoms with Crippen molar-refractivity contribution in [3.05, 3.63) is 72.9 Å². The quantitative estimate of drug-likeness (QED) is 0.0264. The van der Waals surface area contributed by atoms with Crippen molar-refractivity contribution in [2.45, 2.75) is 341 Å². The molecule has 9 nitrogen and oxygen atoms in total. The molecular formula is C71H130NO8P. The van der Waals surface area contributed by atoms with Crippen molar-refractivity contribution in [2.24, 2.45) is 5.73 Å². The van der Waals surface area contributed by atoms with Gasteiger partial charge >= 0.3 is 19.8 Å². The summed E-state index contributed by atoms with van der Waals surface area (Å²) in [5.41, 5.74) is 5.40. The van der Waals surface area contributed by atoms with E-state index >= 15 is 0 Å². The van der Waals surface area contributed by atoms with E-state index in [1.165, 1.54) is 238 Å². The van der Waals surface area contributed by atoms with E-state index < -0.39 is 26.5 Å². The number of unbranched alkanes of at least 4 members (excludes halogenated alkanes) is 40. The zero-order valence-electron chi connectivity index (χ0n) is 53.0. The smallest absolute Gasteiger partial charge is 0.462 e. The molecule has 0 bridgehead atoms. The van der Waals surface area contributed by atoms with Gasteiger partial charge in [-0.3, -0.25) is 18.6 Å². The van der Waals surface area contributed by atoms with Gasteiger partial charge < -0.3 is 20.1 Å². The zero-order chi connectivity index (χ0) is 58.7. The van der Waals surface area contributed by atoms with E-state index in [0.717, 1.165) is 64.2 Å². The van der Waals surface area contributed by atoms with Crippen LogP contribution in [0.5, 0.6) is 0 Å². The zero-order valence-corrected chi connectivity index (χ0v) is 53.9. The monoisotopic (exact) mass is 1160 g/mol. The topological polar surface area (TPSA) is 134 Å². The average Bonchev–Trinajstić information content (AvgIpc) is 3.46. The highest BCUT2D eigenvalue weighted by Crippen LogP contribution is 2.43. The Kier molecular flexibility index (Phi) is 64.5. The number of rotatable bonds is 65. The predicted molar refractivity (Wildman–Crippen MR) is 349 cm³/mol. The molecule has 472 valence electrons. The molecule has 0 rings (SSSR count). The molecule has 0 aliphatic heterocycles. The summed E-state index contributed by atoms with van der Waals surface area (Å²) in [4.78, 5) is 35.3. The van der Waals surface area contributed by atoms with Crippen LogP contribution in [0.2, 0.25) is 0 Å². The van der Waals surface area contributed by atoms with Gasteiger partial charge in [-0.15, -0.1) is 0 Å². The Bertz CT molecular complexity index is 1560. The molecule has 0 aromatic carbocycles. The Labute approximate surface area is 501 Å². The summed E-state index contributed by atoms with van der Waals surface area (Å²) in [7, 11) is -4.39. The van der Waals surface area contributed by atoms with Gasteiger partial charge in [-0.05, 0) is 83.5 Å². The van der Waals surface area contributed by atoms with Crippen molar-refractivity contribution in [3.63, 3.8) is 0 Å². The lowest BCUT2D eigenvalue weighted by molar-refractivity contribution is -0.161. The molecule has 0 aromatic heterocycles. The van der Waals surface area contributed by atoms with Crippen molar-refractivity contribution in [1.82, 2.24) is 0 Å². The fourth-order valence-corrected chi connectivity index (χ4v) is 10.8. The first-order chi connectivity index (χ1) is 39.8. The van der Waals surface area contributed by atoms with Crippen molar-refractivity contribution in [3.8, 4) is 0 Å². The number of hydrogen-bond donors (Lipinski definition) is 2. The molecule has 0 radical (unpaired) electrons. The van der Waals surface area contributed by atoms with E-state index in [1.807, 2.05) is 0 Å². The maximum Gasteiger partial charge on any atom is 0.472 e. The van der Waals surface area contributed by atoms with Crippen LogP contribution in [0, 0.1) is 0 Å². The van der Waals surface area contributed by atoms with Gasteiger partial charge in [0, 0.05) is 19.4 Å². The number of carbonyl (C=O) groups excluding carboxylic acids is 2. The minimum absolute atomic E-state index is 0.0536. The third kappa shape index (κ3) is 66.5. The predicted octanol–water partition coefficient (Wildman–Crippen LogP) is 22.4. The summed E-state index contributed by atoms with van der Waals surface area (Å²) < 4.78 is 33.2. The molecule has 0 amide bonds. The molecule has 10 heteroatoms. The fraction of sp³-hybridized carbons (Fsp3) is 0.803. The number of esters is 2. The van der Waals surface area contributed by atoms with E-state index in [1.54, 1.807) is 0 Å². The summed E-state index contributed by atoms with van der Waals surface area (Å²) in [6, 6.07) is 0. The maximum absolute atomic E-state index is 12.8. The molecule has 0 saturated heterocycles. The van der Waals surface area contributed by atoms with Crippen LogP contribution in [0.3, 0.4) is 0 Å². The normalized spacial score (nSPS) is 13.4. The molecule has 2 atom stereocenters. The first-order valence-corrected chi connectivity index (χ1v) is 35.9. The number of allylic oxidation sites excluding steroid dienone is 12. The average molecular weight is 1160 g/mol. The lowest BCUT2D eigenvalue weighted by Crippen LogP contribution is -2.29. The Morgan fingerprint density at radius 1 is 0.383 bits per heavy atom. The highest BCUT2D eigenvalue weighted by atomic mass is 31.2. The van der Waals surface area contributed by atoms with Crippen LogP contribution < -0.4 is 5.73 Å². The van der Waals surface area contributed by atoms with Gasteiger partial charge in [0.1, 0.15) is 6.61 Å². The van der Waals surface area contributed by atoms with Gasteiger partial charge in [0.25, 0.3) is 0 Å². The van der Waals surface area contributed by atoms with Gasteiger partial charge in [-0.25, -0.2) is 4.57 Å². The van der Waals surface area contributed by atoms with Crippen LogP contribution >= 0.6 is 7.82 Å². The van der Waals surface area contributed by atoms with Crippen LogP contribution in [0.15, 0.2) is 72.9 Å². The summed E-state index contributed by atoms with van der Waals surface area (Å²) >= 11 is 0. The van der Waals surface area contributed by atoms with Gasteiger partial charge in [-0.2, -0.15) is 0 Å². The van der Waals surface area contributed by atoms with Crippen molar-refractivity contribution < 1.29 is 37.6 Å². The largest absolute Gasteiger partial charge is 0.472 e. The molecule has 0 spiro atoms. The molecule has 0 aliphatic rings. The van der Waals surface area contributed by atoms with E-state index in [4.69, 9.17) is 24.3 Å². The molecule has 2 unspecified atom stereocenters. The lowest BCUT2D eigenvalue weighted by atomic mass is 10.0. The SMILES string of the molecule is CC/C=C\C/C=C\C/C=C\C/C=C\CCCCCCCCCCCCCCCCCCCCCCC(=O)OC(COC(=O)CCCCCCCCCCCCCCCCC/C=C\C/C=C\CCCCCCC)COP(=O)(O)OCCN. The summed E-state index contributed by atoms with van der Waals surface area (Å²) in [5, 5.41) is 0. The molecule has 0 heterocycles. The Balaban J connectivity index is 3.85. The van der Waals surface area contributed by atoms with E-state index in [2.05, 4.69) is 86.8 Å². The minimum Gasteiger partial charge on any atom is -0.462 e. The third-order valence-corrected chi connectivity index (χ3v) is 16.1. The van der Waals surface area contributed by atoms with E-state index in [0.29, 0.717) is 6.42 Å². The first kappa shape index (κ1) is 78.5. The number of carbonyl (C=O) groups is 2. The van der Waals surface area contributed by atoms with Gasteiger partial charge in [0.2, 0.25) is 0 Å². The fourth-order valence-electron chi connectivity index (χ4n) is 10.0. The highest BCUT2D eigenvalue weighted by molar-refractivity contribution is 7.47. The van der Waals surface area contributed by atoms with Crippen LogP contribution in [0.4, 0.5) is 0 Å². The molecule has 0 saturated carbocycles. The number of hydrogen-bond acceptors (Lipinski definition) is 8. The second kappa shape index (κ2) is 66.6. The van der Waals surface area contributed by atoms with Crippen molar-refractivity contribution in [1.29, 1.82) is 0 Å². The molecule has 0 aliphatic carbocycles. The Morgan fingerprint density at radius 2 is 0.679 bits per heavy atom. The molecular weight excluding hydrogens is 1030 g/mol. The third-order valence-electron chi connectivity index (χ3n) is 15.1. The number of phosphoric acid groups is 1. The van der Waals surface area contributed by atoms with Crippen LogP contribution in [0.1, 0.15) is 335 Å². The van der Waals surface area contributed by atoms with Gasteiger partial charge in [-0.1, -0.05) is 311 Å². The lowest BCUT2D eigenvalue weighted by Gasteiger charge is -2.19. The Morgan fingerprint density at radius 3 is 1.01 bits per heavy atom. The second-order valence-electron chi connectivity index (χ2n) is 23.0. The number of nitrogens with two attached hydrogens (primary N) is 1. The van der Waals surface area contributed by atoms with Crippen LogP contribution in [-0.2, 0) is 32.7 Å². The molecule has 0 aromatic rings. The van der Waals surface area contributed by atoms with Gasteiger partial charge in [0.15, 0.2) is 6.10 Å². The van der Waals surface area contributed by atoms with Crippen molar-refractivity contribution >= 4 is 19.8 Å². The van der Waals surface area contributed by atoms with Crippen molar-refractivity contribution in [2.75, 3.05) is 26.4 Å². The number of phosphoric ester groups is 1. The summed E-state index contributed by atoms with van der Waals surface area (Å²) in [6.45, 7) is 3.67. The minimum atomic E-state index is -4.39. The van der Waals surface area contributed by atoms with Gasteiger partial charge in [0.05, 0.1) is 13.2 Å². The molecule has 0 fully saturated rings. The molecule has 81 heavy (non-hydrogen) atoms. The van der Waals surface area contributed by atoms with Crippen LogP contribution in [0.25, 0.3) is 0 Å². The summed E-state index contributed by atoms with van der Waals surface area (Å²) in [6.07, 6.45) is 87.1.